The molecule has 0 aliphatic carbocycles. The van der Waals surface area contributed by atoms with Crippen LogP contribution in [0.3, 0.4) is 0 Å². The second-order valence-corrected chi connectivity index (χ2v) is 4.21. The maximum Gasteiger partial charge on any atom is 0.125 e. The molecule has 0 spiro atoms. The molecule has 0 aliphatic heterocycles. The third kappa shape index (κ3) is 3.96. The molecule has 0 amide bonds. The Kier molecular flexibility index (Phi) is 4.75. The highest BCUT2D eigenvalue weighted by atomic mass is 16.5. The number of rotatable bonds is 6. The van der Waals surface area contributed by atoms with Gasteiger partial charge in [-0.1, -0.05) is 18.2 Å². The second-order valence-electron chi connectivity index (χ2n) is 4.21. The smallest absolute Gasteiger partial charge is 0.125 e. The molecule has 0 saturated carbocycles. The average Bonchev–Trinajstić information content (AvgIpc) is 2.47. The molecule has 0 bridgehead atoms. The molecule has 4 heteroatoms. The third-order valence-corrected chi connectivity index (χ3v) is 2.81. The molecule has 4 nitrogen and oxygen atoms in total. The van der Waals surface area contributed by atoms with E-state index in [1.807, 2.05) is 43.4 Å². The number of nitrogens with zero attached hydrogens (tertiary/aromatic N) is 1. The Balaban J connectivity index is 1.90. The molecule has 1 aromatic carbocycles. The fourth-order valence-corrected chi connectivity index (χ4v) is 1.71. The molecule has 2 rings (SSSR count). The Bertz CT molecular complexity index is 495. The number of aliphatic hydroxyl groups excluding tert-OH is 1. The number of hydrogen-bond donors (Lipinski definition) is 2. The Morgan fingerprint density at radius 2 is 1.84 bits per heavy atom. The molecule has 0 saturated heterocycles. The van der Waals surface area contributed by atoms with Crippen molar-refractivity contribution in [1.82, 2.24) is 4.98 Å². The van der Waals surface area contributed by atoms with Crippen molar-refractivity contribution in [2.75, 3.05) is 19.0 Å². The first-order valence-corrected chi connectivity index (χ1v) is 6.27. The van der Waals surface area contributed by atoms with Crippen molar-refractivity contribution >= 4 is 5.82 Å². The largest absolute Gasteiger partial charge is 0.489 e. The summed E-state index contributed by atoms with van der Waals surface area (Å²) in [5.74, 6) is 1.66. The van der Waals surface area contributed by atoms with Crippen LogP contribution in [0.2, 0.25) is 0 Å². The fraction of sp³-hybridized carbons (Fsp3) is 0.267. The predicted molar refractivity (Wildman–Crippen MR) is 75.3 cm³/mol. The Morgan fingerprint density at radius 1 is 1.11 bits per heavy atom. The van der Waals surface area contributed by atoms with E-state index in [9.17, 15) is 0 Å². The van der Waals surface area contributed by atoms with Gasteiger partial charge in [0, 0.05) is 25.4 Å². The summed E-state index contributed by atoms with van der Waals surface area (Å²) in [5.41, 5.74) is 2.13. The van der Waals surface area contributed by atoms with Crippen molar-refractivity contribution in [1.29, 1.82) is 0 Å². The quantitative estimate of drug-likeness (QED) is 0.834. The maximum absolute atomic E-state index is 8.84. The van der Waals surface area contributed by atoms with Crippen LogP contribution in [-0.2, 0) is 13.0 Å². The van der Waals surface area contributed by atoms with E-state index in [2.05, 4.69) is 10.3 Å². The van der Waals surface area contributed by atoms with Crippen LogP contribution < -0.4 is 10.1 Å². The molecule has 0 atom stereocenters. The molecule has 19 heavy (non-hydrogen) atoms. The second kappa shape index (κ2) is 6.75. The van der Waals surface area contributed by atoms with Gasteiger partial charge in [-0.15, -0.1) is 0 Å². The first-order valence-electron chi connectivity index (χ1n) is 6.27. The van der Waals surface area contributed by atoms with E-state index in [0.29, 0.717) is 13.0 Å². The van der Waals surface area contributed by atoms with Gasteiger partial charge in [0.2, 0.25) is 0 Å². The minimum absolute atomic E-state index is 0.170. The SMILES string of the molecule is CNc1ccc(COc2ccc(CCO)cc2)cn1. The standard InChI is InChI=1S/C15H18N2O2/c1-16-15-7-4-13(10-17-15)11-19-14-5-2-12(3-6-14)8-9-18/h2-7,10,18H,8-9,11H2,1H3,(H,16,17). The average molecular weight is 258 g/mol. The van der Waals surface area contributed by atoms with Crippen molar-refractivity contribution in [2.24, 2.45) is 0 Å². The van der Waals surface area contributed by atoms with Gasteiger partial charge in [0.1, 0.15) is 18.2 Å². The lowest BCUT2D eigenvalue weighted by Gasteiger charge is -2.07. The topological polar surface area (TPSA) is 54.4 Å². The molecular weight excluding hydrogens is 240 g/mol. The lowest BCUT2D eigenvalue weighted by molar-refractivity contribution is 0.298. The van der Waals surface area contributed by atoms with Gasteiger partial charge in [-0.2, -0.15) is 0 Å². The number of aromatic nitrogens is 1. The normalized spacial score (nSPS) is 10.2. The zero-order valence-electron chi connectivity index (χ0n) is 11.0. The molecular formula is C15H18N2O2. The molecule has 2 N–H and O–H groups in total. The molecule has 0 unspecified atom stereocenters. The van der Waals surface area contributed by atoms with Crippen molar-refractivity contribution in [3.63, 3.8) is 0 Å². The number of ether oxygens (including phenoxy) is 1. The number of benzene rings is 1. The first-order chi connectivity index (χ1) is 9.31. The summed E-state index contributed by atoms with van der Waals surface area (Å²) in [7, 11) is 1.84. The number of anilines is 1. The van der Waals surface area contributed by atoms with E-state index in [4.69, 9.17) is 9.84 Å². The lowest BCUT2D eigenvalue weighted by Crippen LogP contribution is -1.98. The summed E-state index contributed by atoms with van der Waals surface area (Å²) in [4.78, 5) is 4.23. The van der Waals surface area contributed by atoms with Gasteiger partial charge in [-0.25, -0.2) is 4.98 Å². The maximum atomic E-state index is 8.84. The van der Waals surface area contributed by atoms with Crippen molar-refractivity contribution in [2.45, 2.75) is 13.0 Å². The van der Waals surface area contributed by atoms with E-state index in [1.165, 1.54) is 0 Å². The Labute approximate surface area is 113 Å². The summed E-state index contributed by atoms with van der Waals surface area (Å²) in [6, 6.07) is 11.7. The molecule has 2 aromatic rings. The van der Waals surface area contributed by atoms with Gasteiger partial charge in [0.25, 0.3) is 0 Å². The third-order valence-electron chi connectivity index (χ3n) is 2.81. The van der Waals surface area contributed by atoms with E-state index >= 15 is 0 Å². The number of nitrogens with one attached hydrogen (secondary N) is 1. The van der Waals surface area contributed by atoms with Gasteiger partial charge in [-0.3, -0.25) is 0 Å². The van der Waals surface area contributed by atoms with E-state index in [1.54, 1.807) is 6.20 Å². The Hall–Kier alpha value is -2.07. The van der Waals surface area contributed by atoms with Crippen LogP contribution in [0.15, 0.2) is 42.6 Å². The molecule has 0 aliphatic rings. The zero-order valence-corrected chi connectivity index (χ0v) is 11.0. The van der Waals surface area contributed by atoms with E-state index in [0.717, 1.165) is 22.7 Å². The Morgan fingerprint density at radius 3 is 2.42 bits per heavy atom. The highest BCUT2D eigenvalue weighted by Gasteiger charge is 1.98. The highest BCUT2D eigenvalue weighted by molar-refractivity contribution is 5.34. The van der Waals surface area contributed by atoms with Crippen LogP contribution >= 0.6 is 0 Å². The molecule has 0 radical (unpaired) electrons. The van der Waals surface area contributed by atoms with Crippen molar-refractivity contribution < 1.29 is 9.84 Å². The first kappa shape index (κ1) is 13.4. The molecule has 0 fully saturated rings. The van der Waals surface area contributed by atoms with Gasteiger partial charge in [0.05, 0.1) is 0 Å². The van der Waals surface area contributed by atoms with E-state index in [-0.39, 0.29) is 6.61 Å². The lowest BCUT2D eigenvalue weighted by atomic mass is 10.1. The number of aliphatic hydroxyl groups is 1. The summed E-state index contributed by atoms with van der Waals surface area (Å²) in [6.45, 7) is 0.667. The fourth-order valence-electron chi connectivity index (χ4n) is 1.71. The monoisotopic (exact) mass is 258 g/mol. The van der Waals surface area contributed by atoms with Crippen LogP contribution in [0.25, 0.3) is 0 Å². The molecule has 1 heterocycles. The molecule has 100 valence electrons. The highest BCUT2D eigenvalue weighted by Crippen LogP contribution is 2.14. The predicted octanol–water partition coefficient (Wildman–Crippen LogP) is 2.24. The van der Waals surface area contributed by atoms with Gasteiger partial charge in [-0.05, 0) is 30.2 Å². The number of hydrogen-bond acceptors (Lipinski definition) is 4. The molecule has 1 aromatic heterocycles. The van der Waals surface area contributed by atoms with Crippen LogP contribution in [0.1, 0.15) is 11.1 Å². The summed E-state index contributed by atoms with van der Waals surface area (Å²) in [5, 5.41) is 11.8. The van der Waals surface area contributed by atoms with Crippen molar-refractivity contribution in [3.8, 4) is 5.75 Å². The summed E-state index contributed by atoms with van der Waals surface area (Å²) < 4.78 is 5.68. The van der Waals surface area contributed by atoms with Gasteiger partial charge in [0.15, 0.2) is 0 Å². The van der Waals surface area contributed by atoms with Crippen LogP contribution in [0.5, 0.6) is 5.75 Å². The van der Waals surface area contributed by atoms with E-state index < -0.39 is 0 Å². The van der Waals surface area contributed by atoms with Crippen LogP contribution in [0.4, 0.5) is 5.82 Å². The minimum atomic E-state index is 0.170. The summed E-state index contributed by atoms with van der Waals surface area (Å²) >= 11 is 0. The van der Waals surface area contributed by atoms with Gasteiger partial charge >= 0.3 is 0 Å². The van der Waals surface area contributed by atoms with Gasteiger partial charge < -0.3 is 15.2 Å². The minimum Gasteiger partial charge on any atom is -0.489 e. The zero-order chi connectivity index (χ0) is 13.5. The van der Waals surface area contributed by atoms with Crippen molar-refractivity contribution in [3.05, 3.63) is 53.7 Å². The summed E-state index contributed by atoms with van der Waals surface area (Å²) in [6.07, 6.45) is 2.47. The number of pyridine rings is 1. The van der Waals surface area contributed by atoms with Crippen LogP contribution in [-0.4, -0.2) is 23.7 Å². The van der Waals surface area contributed by atoms with Crippen LogP contribution in [0, 0.1) is 0 Å².